The zero-order valence-corrected chi connectivity index (χ0v) is 35.5. The van der Waals surface area contributed by atoms with Gasteiger partial charge < -0.3 is 0 Å². The van der Waals surface area contributed by atoms with E-state index in [0.29, 0.717) is 0 Å². The van der Waals surface area contributed by atoms with Gasteiger partial charge in [0.15, 0.2) is 0 Å². The molecule has 1 saturated heterocycles. The van der Waals surface area contributed by atoms with E-state index in [0.717, 1.165) is 41.2 Å². The van der Waals surface area contributed by atoms with Crippen LogP contribution in [-0.4, -0.2) is 87.8 Å². The molecular formula is C38H60N2O6S2Sn. The average Bonchev–Trinajstić information content (AvgIpc) is 3.40. The Morgan fingerprint density at radius 3 is 2.10 bits per heavy atom. The van der Waals surface area contributed by atoms with Crippen molar-refractivity contribution in [3.05, 3.63) is 41.6 Å². The molecule has 0 aliphatic carbocycles. The maximum absolute atomic E-state index is 13.5. The third-order valence-electron chi connectivity index (χ3n) is 9.08. The van der Waals surface area contributed by atoms with Crippen molar-refractivity contribution in [1.82, 2.24) is 9.47 Å². The minimum atomic E-state index is -3.22. The third-order valence-corrected chi connectivity index (χ3v) is 27.8. The van der Waals surface area contributed by atoms with Gasteiger partial charge in [-0.3, -0.25) is 0 Å². The Bertz CT molecular complexity index is 1390. The number of aliphatic hydroxyl groups excluding tert-OH is 1. The van der Waals surface area contributed by atoms with Crippen molar-refractivity contribution in [2.45, 2.75) is 123 Å². The Hall–Kier alpha value is -1.63. The first-order valence-corrected chi connectivity index (χ1v) is 27.9. The number of carbonyl (C=O) groups is 3. The number of thioether (sulfide) groups is 2. The van der Waals surface area contributed by atoms with Crippen LogP contribution in [-0.2, 0) is 25.6 Å². The van der Waals surface area contributed by atoms with Gasteiger partial charge >= 0.3 is 309 Å². The molecule has 0 bridgehead atoms. The van der Waals surface area contributed by atoms with Crippen LogP contribution in [0.4, 0.5) is 4.79 Å². The maximum atomic E-state index is 13.5. The van der Waals surface area contributed by atoms with Gasteiger partial charge in [-0.25, -0.2) is 0 Å². The number of ether oxygens (including phenoxy) is 2. The number of esters is 1. The zero-order chi connectivity index (χ0) is 36.0. The number of benzene rings is 1. The Morgan fingerprint density at radius 2 is 1.57 bits per heavy atom. The molecule has 1 fully saturated rings. The fourth-order valence-corrected chi connectivity index (χ4v) is 26.8. The van der Waals surface area contributed by atoms with E-state index >= 15 is 0 Å². The van der Waals surface area contributed by atoms with E-state index in [9.17, 15) is 19.5 Å². The molecule has 2 heterocycles. The van der Waals surface area contributed by atoms with Crippen molar-refractivity contribution in [2.75, 3.05) is 31.3 Å². The van der Waals surface area contributed by atoms with Gasteiger partial charge in [0, 0.05) is 0 Å². The van der Waals surface area contributed by atoms with Crippen LogP contribution in [0.3, 0.4) is 0 Å². The summed E-state index contributed by atoms with van der Waals surface area (Å²) < 4.78 is 18.3. The Labute approximate surface area is 307 Å². The SMILES string of the molecule is CCC[CH2][Sn]([CH2]CCC)([CH2]CCC)/[C](=C/CO)c1c(C2SCCCS2)c2ccccc2n1CCN(C(=O)OC(C)(C)C)C(=O)C(=O)OCC. The van der Waals surface area contributed by atoms with Gasteiger partial charge in [0.1, 0.15) is 0 Å². The second-order valence-corrected chi connectivity index (χ2v) is 29.8. The monoisotopic (exact) mass is 824 g/mol. The number of unbranched alkanes of at least 4 members (excludes halogenated alkanes) is 3. The van der Waals surface area contributed by atoms with Crippen molar-refractivity contribution in [2.24, 2.45) is 0 Å². The number of aliphatic hydroxyl groups is 1. The van der Waals surface area contributed by atoms with E-state index in [4.69, 9.17) is 9.47 Å². The average molecular weight is 824 g/mol. The van der Waals surface area contributed by atoms with Crippen LogP contribution < -0.4 is 0 Å². The summed E-state index contributed by atoms with van der Waals surface area (Å²) in [5, 5.41) is 11.9. The summed E-state index contributed by atoms with van der Waals surface area (Å²) in [5.41, 5.74) is 2.66. The number of hydrogen-bond acceptors (Lipinski definition) is 8. The molecule has 274 valence electrons. The summed E-state index contributed by atoms with van der Waals surface area (Å²) in [6.07, 6.45) is 9.37. The summed E-state index contributed by atoms with van der Waals surface area (Å²) in [7, 11) is 0. The normalized spacial score (nSPS) is 14.7. The topological polar surface area (TPSA) is 98.1 Å². The molecule has 1 N–H and O–H groups in total. The second-order valence-electron chi connectivity index (χ2n) is 13.9. The fraction of sp³-hybridized carbons (Fsp3) is 0.658. The zero-order valence-electron chi connectivity index (χ0n) is 31.0. The summed E-state index contributed by atoms with van der Waals surface area (Å²) >= 11 is 0.759. The van der Waals surface area contributed by atoms with Crippen molar-refractivity contribution < 1.29 is 29.0 Å². The number of amides is 2. The van der Waals surface area contributed by atoms with Gasteiger partial charge in [0.25, 0.3) is 0 Å². The summed E-state index contributed by atoms with van der Waals surface area (Å²) in [6, 6.07) is 8.46. The molecule has 1 aliphatic heterocycles. The van der Waals surface area contributed by atoms with Crippen molar-refractivity contribution in [3.8, 4) is 0 Å². The standard InChI is InChI=1S/C26H33N2O6S2.3C4H9.Sn/c1-5-33-23(31)22(30)28(25(32)34-26(2,3)4)14-13-27-19-11-7-6-10-18(19)21(20(27)12-8-15-29)24-35-16-9-17-36-24;3*1-3-4-2;/h6-8,10-11,24,29H,5,9,13-17H2,1-4H3;3*1,3-4H2,2H3;. The van der Waals surface area contributed by atoms with Gasteiger partial charge in [-0.15, -0.1) is 0 Å². The molecule has 1 aromatic heterocycles. The number of hydrogen-bond donors (Lipinski definition) is 1. The number of aromatic nitrogens is 1. The first-order valence-electron chi connectivity index (χ1n) is 18.4. The molecule has 3 rings (SSSR count). The minimum absolute atomic E-state index is 0.0247. The number of imide groups is 1. The van der Waals surface area contributed by atoms with Gasteiger partial charge in [-0.05, 0) is 0 Å². The fourth-order valence-electron chi connectivity index (χ4n) is 6.82. The number of fused-ring (bicyclic) bond motifs is 1. The van der Waals surface area contributed by atoms with Crippen molar-refractivity contribution in [1.29, 1.82) is 0 Å². The van der Waals surface area contributed by atoms with Crippen molar-refractivity contribution >= 4 is 74.4 Å². The predicted molar refractivity (Wildman–Crippen MR) is 209 cm³/mol. The molecular weight excluding hydrogens is 763 g/mol. The van der Waals surface area contributed by atoms with Crippen LogP contribution in [0.1, 0.15) is 109 Å². The van der Waals surface area contributed by atoms with Crippen LogP contribution in [0, 0.1) is 0 Å². The molecule has 0 saturated carbocycles. The number of para-hydroxylation sites is 1. The van der Waals surface area contributed by atoms with E-state index in [-0.39, 0.29) is 30.9 Å². The van der Waals surface area contributed by atoms with Gasteiger partial charge in [0.05, 0.1) is 0 Å². The Kier molecular flexibility index (Phi) is 17.4. The first-order chi connectivity index (χ1) is 23.5. The molecule has 2 amide bonds. The van der Waals surface area contributed by atoms with Gasteiger partial charge in [-0.2, -0.15) is 0 Å². The predicted octanol–water partition coefficient (Wildman–Crippen LogP) is 9.60. The molecule has 0 unspecified atom stereocenters. The Balaban J connectivity index is 2.34. The first kappa shape index (κ1) is 41.8. The van der Waals surface area contributed by atoms with E-state index in [1.165, 1.54) is 59.2 Å². The second kappa shape index (κ2) is 20.4. The van der Waals surface area contributed by atoms with Crippen LogP contribution in [0.2, 0.25) is 13.3 Å². The van der Waals surface area contributed by atoms with Crippen molar-refractivity contribution in [3.63, 3.8) is 0 Å². The summed E-state index contributed by atoms with van der Waals surface area (Å²) in [5.74, 6) is 0.0793. The quantitative estimate of drug-likeness (QED) is 0.0958. The molecule has 8 nitrogen and oxygen atoms in total. The molecule has 1 aromatic carbocycles. The van der Waals surface area contributed by atoms with Crippen LogP contribution in [0.15, 0.2) is 30.3 Å². The molecule has 49 heavy (non-hydrogen) atoms. The van der Waals surface area contributed by atoms with Gasteiger partial charge in [0.2, 0.25) is 0 Å². The van der Waals surface area contributed by atoms with E-state index in [1.54, 1.807) is 27.7 Å². The van der Waals surface area contributed by atoms with E-state index in [1.807, 2.05) is 29.6 Å². The molecule has 0 spiro atoms. The molecule has 0 radical (unpaired) electrons. The molecule has 0 atom stereocenters. The van der Waals surface area contributed by atoms with Gasteiger partial charge in [-0.1, -0.05) is 0 Å². The number of carbonyl (C=O) groups excluding carboxylic acids is 3. The van der Waals surface area contributed by atoms with E-state index in [2.05, 4.69) is 49.6 Å². The molecule has 1 aliphatic rings. The number of rotatable bonds is 17. The third kappa shape index (κ3) is 11.2. The van der Waals surface area contributed by atoms with Crippen LogP contribution in [0.5, 0.6) is 0 Å². The number of nitrogens with zero attached hydrogens (tertiary/aromatic N) is 2. The molecule has 2 aromatic rings. The Morgan fingerprint density at radius 1 is 0.980 bits per heavy atom. The van der Waals surface area contributed by atoms with Crippen LogP contribution >= 0.6 is 23.5 Å². The molecule has 11 heteroatoms. The summed E-state index contributed by atoms with van der Waals surface area (Å²) in [4.78, 5) is 40.6. The van der Waals surface area contributed by atoms with E-state index < -0.39 is 41.9 Å². The van der Waals surface area contributed by atoms with Crippen LogP contribution in [0.25, 0.3) is 14.5 Å². The summed E-state index contributed by atoms with van der Waals surface area (Å²) in [6.45, 7) is 13.9.